The van der Waals surface area contributed by atoms with E-state index in [1.54, 1.807) is 11.1 Å². The van der Waals surface area contributed by atoms with Gasteiger partial charge < -0.3 is 9.47 Å². The quantitative estimate of drug-likeness (QED) is 0.628. The first kappa shape index (κ1) is 13.6. The van der Waals surface area contributed by atoms with E-state index in [0.717, 1.165) is 5.82 Å². The van der Waals surface area contributed by atoms with E-state index in [9.17, 15) is 14.9 Å². The average molecular weight is 307 g/mol. The molecule has 21 heavy (non-hydrogen) atoms. The molecule has 2 heterocycles. The van der Waals surface area contributed by atoms with Gasteiger partial charge in [0, 0.05) is 25.5 Å². The summed E-state index contributed by atoms with van der Waals surface area (Å²) < 4.78 is 1.95. The van der Waals surface area contributed by atoms with Crippen molar-refractivity contribution in [3.63, 3.8) is 0 Å². The number of nitrogens with zero attached hydrogens (tertiary/aromatic N) is 4. The molecule has 0 unspecified atom stereocenters. The first-order valence-corrected chi connectivity index (χ1v) is 6.68. The number of para-hydroxylation sites is 1. The largest absolute Gasteiger partial charge is 0.332 e. The molecule has 0 radical (unpaired) electrons. The highest BCUT2D eigenvalue weighted by atomic mass is 35.5. The van der Waals surface area contributed by atoms with E-state index in [1.807, 2.05) is 10.8 Å². The zero-order valence-electron chi connectivity index (χ0n) is 10.9. The lowest BCUT2D eigenvalue weighted by molar-refractivity contribution is -0.385. The molecule has 0 N–H and O–H groups in total. The molecule has 0 saturated heterocycles. The smallest absolute Gasteiger partial charge is 0.300 e. The van der Waals surface area contributed by atoms with Crippen LogP contribution < -0.4 is 0 Å². The van der Waals surface area contributed by atoms with Crippen molar-refractivity contribution in [3.05, 3.63) is 57.1 Å². The van der Waals surface area contributed by atoms with Crippen LogP contribution in [0.3, 0.4) is 0 Å². The summed E-state index contributed by atoms with van der Waals surface area (Å²) in [4.78, 5) is 28.7. The SMILES string of the molecule is O=C(c1cccc(Cl)c1[N+](=O)[O-])N1CCn2ccnc2C1. The summed E-state index contributed by atoms with van der Waals surface area (Å²) in [7, 11) is 0. The number of aromatic nitrogens is 2. The number of hydrogen-bond donors (Lipinski definition) is 0. The predicted octanol–water partition coefficient (Wildman–Crippen LogP) is 2.10. The maximum atomic E-state index is 12.5. The van der Waals surface area contributed by atoms with Crippen LogP contribution in [0.4, 0.5) is 5.69 Å². The summed E-state index contributed by atoms with van der Waals surface area (Å²) in [5.41, 5.74) is -0.342. The van der Waals surface area contributed by atoms with E-state index in [-0.39, 0.29) is 16.3 Å². The first-order valence-electron chi connectivity index (χ1n) is 6.30. The van der Waals surface area contributed by atoms with Crippen LogP contribution in [0.15, 0.2) is 30.6 Å². The topological polar surface area (TPSA) is 81.3 Å². The van der Waals surface area contributed by atoms with Crippen LogP contribution in [0.25, 0.3) is 0 Å². The lowest BCUT2D eigenvalue weighted by Gasteiger charge is -2.27. The number of nitro benzene ring substituents is 1. The molecule has 7 nitrogen and oxygen atoms in total. The number of halogens is 1. The molecule has 2 aromatic rings. The Labute approximate surface area is 124 Å². The standard InChI is InChI=1S/C13H11ClN4O3/c14-10-3-1-2-9(12(10)18(20)21)13(19)17-7-6-16-5-4-15-11(16)8-17/h1-5H,6-8H2. The van der Waals surface area contributed by atoms with Gasteiger partial charge in [0.05, 0.1) is 11.5 Å². The first-order chi connectivity index (χ1) is 10.1. The van der Waals surface area contributed by atoms with E-state index in [0.29, 0.717) is 19.6 Å². The van der Waals surface area contributed by atoms with E-state index in [2.05, 4.69) is 4.98 Å². The fourth-order valence-corrected chi connectivity index (χ4v) is 2.63. The Kier molecular flexibility index (Phi) is 3.34. The molecule has 108 valence electrons. The monoisotopic (exact) mass is 306 g/mol. The van der Waals surface area contributed by atoms with Crippen LogP contribution in [0.2, 0.25) is 5.02 Å². The van der Waals surface area contributed by atoms with Gasteiger partial charge in [-0.05, 0) is 12.1 Å². The Hall–Kier alpha value is -2.41. The second-order valence-electron chi connectivity index (χ2n) is 4.66. The Morgan fingerprint density at radius 2 is 2.19 bits per heavy atom. The molecule has 3 rings (SSSR count). The fourth-order valence-electron chi connectivity index (χ4n) is 2.39. The average Bonchev–Trinajstić information content (AvgIpc) is 2.93. The number of benzene rings is 1. The molecule has 1 aliphatic rings. The number of carbonyl (C=O) groups excluding carboxylic acids is 1. The fraction of sp³-hybridized carbons (Fsp3) is 0.231. The third kappa shape index (κ3) is 2.36. The van der Waals surface area contributed by atoms with Crippen LogP contribution in [0.1, 0.15) is 16.2 Å². The predicted molar refractivity (Wildman–Crippen MR) is 75.1 cm³/mol. The summed E-state index contributed by atoms with van der Waals surface area (Å²) >= 11 is 5.84. The van der Waals surface area contributed by atoms with Gasteiger partial charge in [-0.15, -0.1) is 0 Å². The van der Waals surface area contributed by atoms with Crippen molar-refractivity contribution >= 4 is 23.2 Å². The van der Waals surface area contributed by atoms with Gasteiger partial charge in [-0.2, -0.15) is 0 Å². The van der Waals surface area contributed by atoms with E-state index >= 15 is 0 Å². The molecule has 8 heteroatoms. The van der Waals surface area contributed by atoms with Gasteiger partial charge in [0.1, 0.15) is 16.4 Å². The summed E-state index contributed by atoms with van der Waals surface area (Å²) in [6.45, 7) is 1.43. The van der Waals surface area contributed by atoms with Crippen LogP contribution in [0.5, 0.6) is 0 Å². The number of hydrogen-bond acceptors (Lipinski definition) is 4. The number of carbonyl (C=O) groups is 1. The third-order valence-corrected chi connectivity index (χ3v) is 3.74. The minimum Gasteiger partial charge on any atom is -0.332 e. The highest BCUT2D eigenvalue weighted by molar-refractivity contribution is 6.33. The van der Waals surface area contributed by atoms with Gasteiger partial charge in [0.25, 0.3) is 5.91 Å². The van der Waals surface area contributed by atoms with Gasteiger partial charge in [-0.25, -0.2) is 4.98 Å². The lowest BCUT2D eigenvalue weighted by Crippen LogP contribution is -2.38. The Balaban J connectivity index is 1.94. The Bertz CT molecular complexity index is 728. The van der Waals surface area contributed by atoms with Gasteiger partial charge in [-0.3, -0.25) is 14.9 Å². The highest BCUT2D eigenvalue weighted by Gasteiger charge is 2.29. The van der Waals surface area contributed by atoms with Crippen LogP contribution in [-0.2, 0) is 13.1 Å². The van der Waals surface area contributed by atoms with Gasteiger partial charge in [0.15, 0.2) is 0 Å². The van der Waals surface area contributed by atoms with Crippen LogP contribution in [0, 0.1) is 10.1 Å². The Morgan fingerprint density at radius 3 is 2.95 bits per heavy atom. The van der Waals surface area contributed by atoms with Crippen molar-refractivity contribution in [2.45, 2.75) is 13.1 Å². The molecule has 0 saturated carbocycles. The van der Waals surface area contributed by atoms with E-state index in [4.69, 9.17) is 11.6 Å². The summed E-state index contributed by atoms with van der Waals surface area (Å²) in [6.07, 6.45) is 3.52. The third-order valence-electron chi connectivity index (χ3n) is 3.43. The molecule has 0 aliphatic carbocycles. The molecule has 0 fully saturated rings. The maximum Gasteiger partial charge on any atom is 0.300 e. The minimum absolute atomic E-state index is 0.00695. The molecule has 0 atom stereocenters. The molecule has 1 aromatic heterocycles. The zero-order valence-corrected chi connectivity index (χ0v) is 11.7. The molecule has 0 bridgehead atoms. The maximum absolute atomic E-state index is 12.5. The van der Waals surface area contributed by atoms with E-state index < -0.39 is 10.8 Å². The molecule has 1 amide bonds. The lowest BCUT2D eigenvalue weighted by atomic mass is 10.1. The second-order valence-corrected chi connectivity index (χ2v) is 5.06. The van der Waals surface area contributed by atoms with Gasteiger partial charge in [-0.1, -0.05) is 17.7 Å². The number of fused-ring (bicyclic) bond motifs is 1. The van der Waals surface area contributed by atoms with Crippen molar-refractivity contribution < 1.29 is 9.72 Å². The van der Waals surface area contributed by atoms with Crippen LogP contribution in [-0.4, -0.2) is 31.8 Å². The van der Waals surface area contributed by atoms with Gasteiger partial charge in [0.2, 0.25) is 0 Å². The van der Waals surface area contributed by atoms with Crippen LogP contribution >= 0.6 is 11.6 Å². The molecular weight excluding hydrogens is 296 g/mol. The Morgan fingerprint density at radius 1 is 1.38 bits per heavy atom. The van der Waals surface area contributed by atoms with Crippen molar-refractivity contribution in [1.29, 1.82) is 0 Å². The van der Waals surface area contributed by atoms with Crippen molar-refractivity contribution in [2.24, 2.45) is 0 Å². The summed E-state index contributed by atoms with van der Waals surface area (Å²) in [5.74, 6) is 0.359. The summed E-state index contributed by atoms with van der Waals surface area (Å²) in [5, 5.41) is 11.1. The number of imidazole rings is 1. The molecule has 1 aliphatic heterocycles. The normalized spacial score (nSPS) is 13.9. The van der Waals surface area contributed by atoms with Gasteiger partial charge >= 0.3 is 5.69 Å². The highest BCUT2D eigenvalue weighted by Crippen LogP contribution is 2.29. The zero-order chi connectivity index (χ0) is 15.0. The number of amides is 1. The molecule has 1 aromatic carbocycles. The molecular formula is C13H11ClN4O3. The number of rotatable bonds is 2. The number of nitro groups is 1. The summed E-state index contributed by atoms with van der Waals surface area (Å²) in [6, 6.07) is 4.36. The van der Waals surface area contributed by atoms with Crippen molar-refractivity contribution in [1.82, 2.24) is 14.5 Å². The second kappa shape index (κ2) is 5.17. The molecule has 0 spiro atoms. The minimum atomic E-state index is -0.625. The van der Waals surface area contributed by atoms with Crippen molar-refractivity contribution in [3.8, 4) is 0 Å². The van der Waals surface area contributed by atoms with E-state index in [1.165, 1.54) is 18.2 Å². The van der Waals surface area contributed by atoms with Crippen molar-refractivity contribution in [2.75, 3.05) is 6.54 Å².